The summed E-state index contributed by atoms with van der Waals surface area (Å²) in [6.07, 6.45) is 0.521. The summed E-state index contributed by atoms with van der Waals surface area (Å²) < 4.78 is 48.9. The van der Waals surface area contributed by atoms with Gasteiger partial charge in [-0.15, -0.1) is 5.53 Å². The van der Waals surface area contributed by atoms with E-state index in [1.165, 1.54) is 7.05 Å². The van der Waals surface area contributed by atoms with Crippen LogP contribution in [0.2, 0.25) is 5.02 Å². The monoisotopic (exact) mass is 613 g/mol. The number of carboxylic acid groups (broad SMARTS) is 1. The zero-order valence-corrected chi connectivity index (χ0v) is 24.3. The van der Waals surface area contributed by atoms with Crippen LogP contribution in [0, 0.1) is 17.2 Å². The summed E-state index contributed by atoms with van der Waals surface area (Å²) in [5.41, 5.74) is 4.34. The summed E-state index contributed by atoms with van der Waals surface area (Å²) >= 11 is 6.51. The lowest BCUT2D eigenvalue weighted by Gasteiger charge is -2.45. The Labute approximate surface area is 246 Å². The van der Waals surface area contributed by atoms with Gasteiger partial charge in [0.1, 0.15) is 12.3 Å². The molecule has 42 heavy (non-hydrogen) atoms. The van der Waals surface area contributed by atoms with Crippen molar-refractivity contribution < 1.29 is 37.4 Å². The van der Waals surface area contributed by atoms with Crippen LogP contribution >= 0.6 is 11.6 Å². The number of halogens is 4. The number of amides is 2. The molecule has 10 nitrogen and oxygen atoms in total. The lowest BCUT2D eigenvalue weighted by molar-refractivity contribution is -0.162. The van der Waals surface area contributed by atoms with Crippen molar-refractivity contribution in [2.24, 2.45) is 11.3 Å². The quantitative estimate of drug-likeness (QED) is 0.408. The van der Waals surface area contributed by atoms with Gasteiger partial charge in [-0.05, 0) is 44.2 Å². The molecular weight excluding hydrogens is 579 g/mol. The minimum absolute atomic E-state index is 0.00467. The number of fused-ring (bicyclic) bond motifs is 1. The number of nitrogens with one attached hydrogen (secondary N) is 2. The van der Waals surface area contributed by atoms with E-state index in [0.717, 1.165) is 11.1 Å². The molecule has 1 aliphatic carbocycles. The van der Waals surface area contributed by atoms with Crippen molar-refractivity contribution in [2.75, 3.05) is 33.3 Å². The molecule has 0 radical (unpaired) electrons. The Hall–Kier alpha value is -3.19. The standard InChI is InChI=1S/C28H35ClF3N5O5/c1-28(27(40)41)9-4-3-6-16(28)26(39)37-11-8-15-17(29)12-18(30)24(22(15)20(37)13-36-10-5-7-21(36)38)42-14-19-23(25(31)32)35(2)34-33-19/h12,16,20,25,33-34H,3-11,13-14H2,1-2H3,(H,40,41)/t16-,20+,28-/m0/s1. The molecule has 14 heteroatoms. The summed E-state index contributed by atoms with van der Waals surface area (Å²) in [4.78, 5) is 42.4. The number of allylic oxidation sites excluding steroid dienone is 1. The number of hydrogen-bond donors (Lipinski definition) is 3. The maximum absolute atomic E-state index is 15.6. The van der Waals surface area contributed by atoms with Gasteiger partial charge in [-0.2, -0.15) is 0 Å². The zero-order valence-electron chi connectivity index (χ0n) is 23.5. The minimum Gasteiger partial charge on any atom is -0.484 e. The third kappa shape index (κ3) is 5.36. The minimum atomic E-state index is -2.83. The molecule has 1 saturated heterocycles. The molecular formula is C28H35ClF3N5O5. The fraction of sp³-hybridized carbons (Fsp3) is 0.607. The highest BCUT2D eigenvalue weighted by Crippen LogP contribution is 2.47. The van der Waals surface area contributed by atoms with Crippen molar-refractivity contribution in [1.82, 2.24) is 25.8 Å². The van der Waals surface area contributed by atoms with Crippen LogP contribution in [-0.4, -0.2) is 77.4 Å². The molecule has 0 bridgehead atoms. The summed E-state index contributed by atoms with van der Waals surface area (Å²) in [5, 5.41) is 11.3. The number of carbonyl (C=O) groups is 3. The highest BCUT2D eigenvalue weighted by atomic mass is 35.5. The third-order valence-corrected chi connectivity index (χ3v) is 9.43. The van der Waals surface area contributed by atoms with Gasteiger partial charge in [0.2, 0.25) is 11.8 Å². The van der Waals surface area contributed by atoms with E-state index in [4.69, 9.17) is 16.3 Å². The van der Waals surface area contributed by atoms with Crippen LogP contribution in [0.25, 0.3) is 0 Å². The number of alkyl halides is 2. The number of carboxylic acids is 1. The van der Waals surface area contributed by atoms with Crippen LogP contribution in [0.15, 0.2) is 17.5 Å². The summed E-state index contributed by atoms with van der Waals surface area (Å²) in [6, 6.07) is 0.218. The molecule has 1 aromatic carbocycles. The predicted octanol–water partition coefficient (Wildman–Crippen LogP) is 3.62. The molecule has 3 aliphatic heterocycles. The molecule has 0 spiro atoms. The van der Waals surface area contributed by atoms with E-state index in [-0.39, 0.29) is 59.1 Å². The Balaban J connectivity index is 1.56. The van der Waals surface area contributed by atoms with E-state index in [1.807, 2.05) is 0 Å². The number of ether oxygens (including phenoxy) is 1. The van der Waals surface area contributed by atoms with Gasteiger partial charge >= 0.3 is 5.97 Å². The van der Waals surface area contributed by atoms with Crippen LogP contribution in [0.4, 0.5) is 13.2 Å². The molecule has 2 amide bonds. The van der Waals surface area contributed by atoms with Gasteiger partial charge in [0, 0.05) is 43.7 Å². The summed E-state index contributed by atoms with van der Waals surface area (Å²) in [5.74, 6) is -3.42. The van der Waals surface area contributed by atoms with E-state index in [9.17, 15) is 28.3 Å². The number of likely N-dealkylation sites (tertiary alicyclic amines) is 1. The van der Waals surface area contributed by atoms with Crippen LogP contribution in [0.5, 0.6) is 5.75 Å². The molecule has 0 aromatic heterocycles. The Morgan fingerprint density at radius 2 is 2.00 bits per heavy atom. The molecule has 5 rings (SSSR count). The van der Waals surface area contributed by atoms with Gasteiger partial charge in [-0.3, -0.25) is 19.4 Å². The van der Waals surface area contributed by atoms with Crippen LogP contribution in [0.1, 0.15) is 62.6 Å². The van der Waals surface area contributed by atoms with Gasteiger partial charge in [-0.1, -0.05) is 24.4 Å². The molecule has 1 saturated carbocycles. The number of aliphatic carboxylic acids is 1. The topological polar surface area (TPSA) is 114 Å². The van der Waals surface area contributed by atoms with E-state index in [2.05, 4.69) is 11.0 Å². The normalized spacial score (nSPS) is 26.2. The lowest BCUT2D eigenvalue weighted by Crippen LogP contribution is -2.52. The average molecular weight is 614 g/mol. The number of benzene rings is 1. The van der Waals surface area contributed by atoms with Crippen molar-refractivity contribution in [3.8, 4) is 5.75 Å². The molecule has 1 aromatic rings. The zero-order chi connectivity index (χ0) is 30.3. The fourth-order valence-electron chi connectivity index (χ4n) is 6.71. The first-order chi connectivity index (χ1) is 19.9. The van der Waals surface area contributed by atoms with E-state index in [1.54, 1.807) is 16.7 Å². The van der Waals surface area contributed by atoms with Crippen molar-refractivity contribution in [1.29, 1.82) is 0 Å². The van der Waals surface area contributed by atoms with E-state index >= 15 is 4.39 Å². The maximum atomic E-state index is 15.6. The molecule has 3 atom stereocenters. The highest BCUT2D eigenvalue weighted by molar-refractivity contribution is 6.31. The van der Waals surface area contributed by atoms with Crippen molar-refractivity contribution in [3.63, 3.8) is 0 Å². The predicted molar refractivity (Wildman–Crippen MR) is 146 cm³/mol. The molecule has 230 valence electrons. The fourth-order valence-corrected chi connectivity index (χ4v) is 7.00. The molecule has 2 fully saturated rings. The number of hydrogen-bond acceptors (Lipinski definition) is 7. The summed E-state index contributed by atoms with van der Waals surface area (Å²) in [6.45, 7) is 1.83. The average Bonchev–Trinajstić information content (AvgIpc) is 3.52. The smallest absolute Gasteiger partial charge is 0.310 e. The molecule has 4 aliphatic rings. The van der Waals surface area contributed by atoms with Crippen molar-refractivity contribution >= 4 is 29.4 Å². The first kappa shape index (κ1) is 30.3. The first-order valence-electron chi connectivity index (χ1n) is 14.2. The third-order valence-electron chi connectivity index (χ3n) is 9.10. The largest absolute Gasteiger partial charge is 0.484 e. The lowest BCUT2D eigenvalue weighted by atomic mass is 9.66. The van der Waals surface area contributed by atoms with Gasteiger partial charge in [0.05, 0.1) is 23.1 Å². The molecule has 3 N–H and O–H groups in total. The first-order valence-corrected chi connectivity index (χ1v) is 14.5. The SMILES string of the molecule is CN1NNC(COc2c(F)cc(Cl)c3c2[C@@H](CN2CCCC2=O)N(C(=O)[C@@H]2CCCC[C@]2(C)C(=O)O)CC3)=C1C(F)F. The van der Waals surface area contributed by atoms with Crippen molar-refractivity contribution in [3.05, 3.63) is 39.4 Å². The van der Waals surface area contributed by atoms with Crippen LogP contribution in [0.3, 0.4) is 0 Å². The number of nitrogens with zero attached hydrogens (tertiary/aromatic N) is 3. The number of carbonyl (C=O) groups excluding carboxylic acids is 2. The second kappa shape index (κ2) is 11.8. The Kier molecular flexibility index (Phi) is 8.53. The Morgan fingerprint density at radius 1 is 1.24 bits per heavy atom. The summed E-state index contributed by atoms with van der Waals surface area (Å²) in [7, 11) is 1.40. The molecule has 0 unspecified atom stereocenters. The second-order valence-electron chi connectivity index (χ2n) is 11.6. The van der Waals surface area contributed by atoms with E-state index in [0.29, 0.717) is 50.6 Å². The van der Waals surface area contributed by atoms with Crippen molar-refractivity contribution in [2.45, 2.75) is 64.3 Å². The van der Waals surface area contributed by atoms with Gasteiger partial charge in [-0.25, -0.2) is 13.2 Å². The Morgan fingerprint density at radius 3 is 2.67 bits per heavy atom. The van der Waals surface area contributed by atoms with Crippen LogP contribution < -0.4 is 15.7 Å². The van der Waals surface area contributed by atoms with Gasteiger partial charge in [0.15, 0.2) is 11.6 Å². The maximum Gasteiger partial charge on any atom is 0.310 e. The number of rotatable bonds is 8. The van der Waals surface area contributed by atoms with Gasteiger partial charge in [0.25, 0.3) is 6.43 Å². The number of hydrazine groups is 2. The second-order valence-corrected chi connectivity index (χ2v) is 12.0. The van der Waals surface area contributed by atoms with Crippen LogP contribution in [-0.2, 0) is 20.8 Å². The highest BCUT2D eigenvalue weighted by Gasteiger charge is 2.50. The molecule has 3 heterocycles. The van der Waals surface area contributed by atoms with Gasteiger partial charge < -0.3 is 25.1 Å². The Bertz CT molecular complexity index is 1310. The van der Waals surface area contributed by atoms with E-state index < -0.39 is 42.2 Å².